The zero-order valence-electron chi connectivity index (χ0n) is 13.0. The molecule has 0 radical (unpaired) electrons. The van der Waals surface area contributed by atoms with Gasteiger partial charge >= 0.3 is 11.7 Å². The monoisotopic (exact) mass is 298 g/mol. The molecule has 1 heterocycles. The van der Waals surface area contributed by atoms with E-state index in [9.17, 15) is 14.9 Å². The first kappa shape index (κ1) is 16.9. The van der Waals surface area contributed by atoms with Crippen molar-refractivity contribution in [3.63, 3.8) is 0 Å². The summed E-state index contributed by atoms with van der Waals surface area (Å²) in [7, 11) is 1.72. The van der Waals surface area contributed by atoms with E-state index < -0.39 is 4.92 Å². The summed E-state index contributed by atoms with van der Waals surface area (Å²) in [5.41, 5.74) is 0.376. The molecule has 0 unspecified atom stereocenters. The third-order valence-corrected chi connectivity index (χ3v) is 3.01. The molecular formula is C13H22N4O4. The van der Waals surface area contributed by atoms with Crippen LogP contribution >= 0.6 is 0 Å². The second-order valence-electron chi connectivity index (χ2n) is 4.71. The van der Waals surface area contributed by atoms with Crippen molar-refractivity contribution in [2.24, 2.45) is 0 Å². The van der Waals surface area contributed by atoms with Crippen molar-refractivity contribution in [2.75, 3.05) is 25.1 Å². The second kappa shape index (κ2) is 7.61. The Morgan fingerprint density at radius 3 is 2.67 bits per heavy atom. The van der Waals surface area contributed by atoms with E-state index >= 15 is 0 Å². The first-order chi connectivity index (χ1) is 9.92. The molecule has 0 amide bonds. The van der Waals surface area contributed by atoms with Crippen molar-refractivity contribution in [3.8, 4) is 0 Å². The summed E-state index contributed by atoms with van der Waals surface area (Å²) >= 11 is 0. The molecule has 0 aromatic carbocycles. The van der Waals surface area contributed by atoms with Gasteiger partial charge in [-0.3, -0.25) is 14.9 Å². The van der Waals surface area contributed by atoms with Crippen LogP contribution in [0.3, 0.4) is 0 Å². The van der Waals surface area contributed by atoms with Gasteiger partial charge in [-0.15, -0.1) is 0 Å². The zero-order valence-corrected chi connectivity index (χ0v) is 13.0. The van der Waals surface area contributed by atoms with E-state index in [-0.39, 0.29) is 18.1 Å². The molecular weight excluding hydrogens is 276 g/mol. The van der Waals surface area contributed by atoms with Gasteiger partial charge in [0.05, 0.1) is 18.0 Å². The highest BCUT2D eigenvalue weighted by Crippen LogP contribution is 2.31. The lowest BCUT2D eigenvalue weighted by Gasteiger charge is -2.19. The largest absolute Gasteiger partial charge is 0.466 e. The molecule has 0 atom stereocenters. The third kappa shape index (κ3) is 4.17. The van der Waals surface area contributed by atoms with Crippen molar-refractivity contribution in [3.05, 3.63) is 15.8 Å². The Balaban J connectivity index is 2.97. The van der Waals surface area contributed by atoms with E-state index in [1.807, 2.05) is 6.92 Å². The summed E-state index contributed by atoms with van der Waals surface area (Å²) < 4.78 is 6.49. The number of carbonyl (C=O) groups is 1. The number of nitro groups is 1. The van der Waals surface area contributed by atoms with Crippen molar-refractivity contribution < 1.29 is 14.5 Å². The van der Waals surface area contributed by atoms with Gasteiger partial charge in [0.1, 0.15) is 5.69 Å². The van der Waals surface area contributed by atoms with Crippen LogP contribution in [0.2, 0.25) is 0 Å². The number of esters is 1. The van der Waals surface area contributed by atoms with Gasteiger partial charge in [0.2, 0.25) is 5.82 Å². The molecule has 0 spiro atoms. The van der Waals surface area contributed by atoms with Crippen molar-refractivity contribution >= 4 is 17.5 Å². The summed E-state index contributed by atoms with van der Waals surface area (Å²) in [6.07, 6.45) is 0.995. The van der Waals surface area contributed by atoms with Crippen LogP contribution in [0.1, 0.15) is 32.4 Å². The number of anilines is 1. The second-order valence-corrected chi connectivity index (χ2v) is 4.71. The summed E-state index contributed by atoms with van der Waals surface area (Å²) in [6.45, 7) is 6.60. The van der Waals surface area contributed by atoms with Crippen molar-refractivity contribution in [2.45, 2.75) is 40.2 Å². The lowest BCUT2D eigenvalue weighted by atomic mass is 10.3. The highest BCUT2D eigenvalue weighted by molar-refractivity contribution is 5.70. The predicted molar refractivity (Wildman–Crippen MR) is 78.4 cm³/mol. The summed E-state index contributed by atoms with van der Waals surface area (Å²) in [6, 6.07) is 0. The topological polar surface area (TPSA) is 90.5 Å². The Morgan fingerprint density at radius 2 is 2.14 bits per heavy atom. The Bertz CT molecular complexity index is 513. The average molecular weight is 298 g/mol. The molecule has 1 aromatic rings. The maximum Gasteiger partial charge on any atom is 0.333 e. The van der Waals surface area contributed by atoms with E-state index in [1.54, 1.807) is 30.5 Å². The van der Waals surface area contributed by atoms with Gasteiger partial charge in [-0.1, -0.05) is 6.92 Å². The van der Waals surface area contributed by atoms with Gasteiger partial charge in [0, 0.05) is 20.1 Å². The molecule has 0 aliphatic carbocycles. The van der Waals surface area contributed by atoms with Crippen LogP contribution < -0.4 is 4.90 Å². The van der Waals surface area contributed by atoms with Crippen LogP contribution in [0.15, 0.2) is 0 Å². The minimum absolute atomic E-state index is 0.00481. The molecule has 0 saturated heterocycles. The molecule has 0 N–H and O–H groups in total. The van der Waals surface area contributed by atoms with E-state index in [0.29, 0.717) is 31.2 Å². The van der Waals surface area contributed by atoms with Gasteiger partial charge < -0.3 is 9.64 Å². The minimum atomic E-state index is -0.426. The Labute approximate surface area is 123 Å². The molecule has 0 bridgehead atoms. The minimum Gasteiger partial charge on any atom is -0.466 e. The highest BCUT2D eigenvalue weighted by Gasteiger charge is 2.28. The molecule has 0 aliphatic rings. The van der Waals surface area contributed by atoms with Gasteiger partial charge in [-0.25, -0.2) is 4.68 Å². The highest BCUT2D eigenvalue weighted by atomic mass is 16.6. The van der Waals surface area contributed by atoms with Crippen LogP contribution in [0.25, 0.3) is 0 Å². The first-order valence-corrected chi connectivity index (χ1v) is 7.00. The maximum absolute atomic E-state index is 11.4. The van der Waals surface area contributed by atoms with Crippen LogP contribution in [0, 0.1) is 17.0 Å². The molecule has 1 rings (SSSR count). The number of hydrogen-bond acceptors (Lipinski definition) is 6. The lowest BCUT2D eigenvalue weighted by molar-refractivity contribution is -0.384. The standard InChI is InChI=1S/C13H22N4O4/c1-5-8-16-13(12(17(19)20)10(3)14-16)15(4)9-7-11(18)21-6-2/h5-9H2,1-4H3. The Kier molecular flexibility index (Phi) is 6.13. The fourth-order valence-electron chi connectivity index (χ4n) is 2.12. The maximum atomic E-state index is 11.4. The van der Waals surface area contributed by atoms with Crippen molar-refractivity contribution in [1.29, 1.82) is 0 Å². The molecule has 8 heteroatoms. The van der Waals surface area contributed by atoms with Gasteiger partial charge in [0.25, 0.3) is 0 Å². The van der Waals surface area contributed by atoms with Crippen LogP contribution in [0.4, 0.5) is 11.5 Å². The number of ether oxygens (including phenoxy) is 1. The van der Waals surface area contributed by atoms with Gasteiger partial charge in [0.15, 0.2) is 0 Å². The smallest absolute Gasteiger partial charge is 0.333 e. The quantitative estimate of drug-likeness (QED) is 0.413. The van der Waals surface area contributed by atoms with E-state index in [2.05, 4.69) is 5.10 Å². The van der Waals surface area contributed by atoms with E-state index in [4.69, 9.17) is 4.74 Å². The van der Waals surface area contributed by atoms with E-state index in [1.165, 1.54) is 0 Å². The lowest BCUT2D eigenvalue weighted by Crippen LogP contribution is -2.25. The summed E-state index contributed by atoms with van der Waals surface area (Å²) in [5, 5.41) is 15.5. The number of aromatic nitrogens is 2. The van der Waals surface area contributed by atoms with Crippen molar-refractivity contribution in [1.82, 2.24) is 9.78 Å². The number of nitrogens with zero attached hydrogens (tertiary/aromatic N) is 4. The summed E-state index contributed by atoms with van der Waals surface area (Å²) in [4.78, 5) is 23.9. The fourth-order valence-corrected chi connectivity index (χ4v) is 2.12. The number of hydrogen-bond donors (Lipinski definition) is 0. The Morgan fingerprint density at radius 1 is 1.48 bits per heavy atom. The van der Waals surface area contributed by atoms with Crippen LogP contribution in [-0.2, 0) is 16.1 Å². The molecule has 0 aliphatic heterocycles. The molecule has 118 valence electrons. The van der Waals surface area contributed by atoms with Crippen LogP contribution in [0.5, 0.6) is 0 Å². The fraction of sp³-hybridized carbons (Fsp3) is 0.692. The number of rotatable bonds is 8. The zero-order chi connectivity index (χ0) is 16.0. The number of carbonyl (C=O) groups excluding carboxylic acids is 1. The molecule has 8 nitrogen and oxygen atoms in total. The van der Waals surface area contributed by atoms with Gasteiger partial charge in [-0.2, -0.15) is 5.10 Å². The summed E-state index contributed by atoms with van der Waals surface area (Å²) in [5.74, 6) is 0.119. The SMILES string of the molecule is CCCn1nc(C)c([N+](=O)[O-])c1N(C)CCC(=O)OCC. The normalized spacial score (nSPS) is 10.5. The molecule has 1 aromatic heterocycles. The predicted octanol–water partition coefficient (Wildman–Crippen LogP) is 1.90. The Hall–Kier alpha value is -2.12. The first-order valence-electron chi connectivity index (χ1n) is 7.00. The average Bonchev–Trinajstić information content (AvgIpc) is 2.73. The van der Waals surface area contributed by atoms with E-state index in [0.717, 1.165) is 6.42 Å². The van der Waals surface area contributed by atoms with Crippen LogP contribution in [-0.4, -0.2) is 40.9 Å². The molecule has 21 heavy (non-hydrogen) atoms. The third-order valence-electron chi connectivity index (χ3n) is 3.01. The molecule has 0 fully saturated rings. The number of aryl methyl sites for hydroxylation is 2. The van der Waals surface area contributed by atoms with Gasteiger partial charge in [-0.05, 0) is 20.3 Å². The molecule has 0 saturated carbocycles.